The summed E-state index contributed by atoms with van der Waals surface area (Å²) in [6.45, 7) is 5.66. The van der Waals surface area contributed by atoms with Gasteiger partial charge in [-0.15, -0.1) is 0 Å². The first-order chi connectivity index (χ1) is 10.5. The molecular formula is C17H19N3O2. The molecule has 5 nitrogen and oxygen atoms in total. The van der Waals surface area contributed by atoms with Gasteiger partial charge in [0.1, 0.15) is 5.60 Å². The minimum Gasteiger partial charge on any atom is -0.444 e. The summed E-state index contributed by atoms with van der Waals surface area (Å²) in [7, 11) is 0. The summed E-state index contributed by atoms with van der Waals surface area (Å²) in [5.41, 5.74) is 2.16. The third-order valence-corrected chi connectivity index (χ3v) is 2.64. The molecule has 5 heteroatoms. The van der Waals surface area contributed by atoms with Crippen molar-refractivity contribution in [3.8, 4) is 23.1 Å². The van der Waals surface area contributed by atoms with Gasteiger partial charge in [-0.1, -0.05) is 42.2 Å². The molecule has 1 aromatic heterocycles. The van der Waals surface area contributed by atoms with Crippen molar-refractivity contribution >= 4 is 6.09 Å². The van der Waals surface area contributed by atoms with Crippen LogP contribution < -0.4 is 5.32 Å². The van der Waals surface area contributed by atoms with E-state index < -0.39 is 11.7 Å². The summed E-state index contributed by atoms with van der Waals surface area (Å²) in [4.78, 5) is 11.5. The minimum atomic E-state index is -0.511. The molecule has 0 atom stereocenters. The second-order valence-corrected chi connectivity index (χ2v) is 5.68. The molecule has 0 aliphatic rings. The zero-order chi connectivity index (χ0) is 16.0. The first-order valence-corrected chi connectivity index (χ1v) is 7.00. The molecule has 0 aliphatic heterocycles. The highest BCUT2D eigenvalue weighted by Crippen LogP contribution is 2.19. The zero-order valence-electron chi connectivity index (χ0n) is 12.9. The lowest BCUT2D eigenvalue weighted by Gasteiger charge is -2.18. The van der Waals surface area contributed by atoms with Crippen molar-refractivity contribution in [2.75, 3.05) is 6.54 Å². The highest BCUT2D eigenvalue weighted by molar-refractivity contribution is 5.68. The number of amides is 1. The van der Waals surface area contributed by atoms with E-state index in [4.69, 9.17) is 4.74 Å². The number of ether oxygens (including phenoxy) is 1. The van der Waals surface area contributed by atoms with Crippen LogP contribution in [0.15, 0.2) is 36.5 Å². The number of hydrogen-bond acceptors (Lipinski definition) is 3. The lowest BCUT2D eigenvalue weighted by molar-refractivity contribution is 0.0535. The molecule has 0 saturated carbocycles. The van der Waals surface area contributed by atoms with Crippen LogP contribution in [0.5, 0.6) is 0 Å². The lowest BCUT2D eigenvalue weighted by Crippen LogP contribution is -2.32. The van der Waals surface area contributed by atoms with Crippen LogP contribution in [-0.4, -0.2) is 28.4 Å². The normalized spacial score (nSPS) is 10.5. The molecule has 2 N–H and O–H groups in total. The topological polar surface area (TPSA) is 67.0 Å². The van der Waals surface area contributed by atoms with E-state index in [0.717, 1.165) is 16.8 Å². The molecule has 0 saturated heterocycles. The number of benzene rings is 1. The van der Waals surface area contributed by atoms with Crippen molar-refractivity contribution in [3.63, 3.8) is 0 Å². The number of carbonyl (C=O) groups is 1. The smallest absolute Gasteiger partial charge is 0.408 e. The third-order valence-electron chi connectivity index (χ3n) is 2.64. The van der Waals surface area contributed by atoms with E-state index in [1.54, 1.807) is 6.20 Å². The lowest BCUT2D eigenvalue weighted by atomic mass is 10.1. The van der Waals surface area contributed by atoms with Crippen LogP contribution in [0.25, 0.3) is 11.3 Å². The van der Waals surface area contributed by atoms with Gasteiger partial charge in [-0.3, -0.25) is 5.10 Å². The fourth-order valence-corrected chi connectivity index (χ4v) is 1.78. The monoisotopic (exact) mass is 297 g/mol. The Labute approximate surface area is 130 Å². The molecule has 1 aromatic carbocycles. The van der Waals surface area contributed by atoms with Gasteiger partial charge in [-0.2, -0.15) is 5.10 Å². The molecule has 2 aromatic rings. The van der Waals surface area contributed by atoms with Gasteiger partial charge in [0.05, 0.1) is 24.0 Å². The van der Waals surface area contributed by atoms with Crippen LogP contribution in [0.2, 0.25) is 0 Å². The Hall–Kier alpha value is -2.74. The van der Waals surface area contributed by atoms with Crippen molar-refractivity contribution in [2.24, 2.45) is 0 Å². The number of alkyl carbamates (subject to hydrolysis) is 1. The van der Waals surface area contributed by atoms with Crippen molar-refractivity contribution in [1.82, 2.24) is 15.5 Å². The van der Waals surface area contributed by atoms with Gasteiger partial charge >= 0.3 is 6.09 Å². The molecule has 2 rings (SSSR count). The Bertz CT molecular complexity index is 688. The maximum atomic E-state index is 11.5. The van der Waals surface area contributed by atoms with E-state index in [2.05, 4.69) is 27.4 Å². The molecule has 0 spiro atoms. The molecule has 1 amide bonds. The number of nitrogens with one attached hydrogen (secondary N) is 2. The predicted octanol–water partition coefficient (Wildman–Crippen LogP) is 2.95. The number of hydrogen-bond donors (Lipinski definition) is 2. The number of aromatic amines is 1. The second kappa shape index (κ2) is 6.81. The molecule has 22 heavy (non-hydrogen) atoms. The zero-order valence-corrected chi connectivity index (χ0v) is 12.9. The van der Waals surface area contributed by atoms with E-state index in [1.165, 1.54) is 0 Å². The van der Waals surface area contributed by atoms with Crippen LogP contribution in [0.1, 0.15) is 26.3 Å². The van der Waals surface area contributed by atoms with Crippen molar-refractivity contribution in [1.29, 1.82) is 0 Å². The van der Waals surface area contributed by atoms with E-state index in [-0.39, 0.29) is 6.54 Å². The van der Waals surface area contributed by atoms with Gasteiger partial charge in [0, 0.05) is 5.56 Å². The summed E-state index contributed by atoms with van der Waals surface area (Å²) in [5.74, 6) is 5.89. The van der Waals surface area contributed by atoms with Gasteiger partial charge in [0.15, 0.2) is 0 Å². The fourth-order valence-electron chi connectivity index (χ4n) is 1.78. The Kier molecular flexibility index (Phi) is 4.84. The molecule has 0 aliphatic carbocycles. The first kappa shape index (κ1) is 15.6. The Morgan fingerprint density at radius 3 is 2.73 bits per heavy atom. The Morgan fingerprint density at radius 2 is 2.05 bits per heavy atom. The SMILES string of the molecule is CC(C)(C)OC(=O)NCC#Cc1cn[nH]c1-c1ccccc1. The van der Waals surface area contributed by atoms with Crippen molar-refractivity contribution in [2.45, 2.75) is 26.4 Å². The summed E-state index contributed by atoms with van der Waals surface area (Å²) in [6, 6.07) is 9.83. The molecule has 1 heterocycles. The average Bonchev–Trinajstić information content (AvgIpc) is 2.91. The quantitative estimate of drug-likeness (QED) is 0.837. The van der Waals surface area contributed by atoms with Crippen LogP contribution in [0, 0.1) is 11.8 Å². The minimum absolute atomic E-state index is 0.217. The van der Waals surface area contributed by atoms with Crippen molar-refractivity contribution in [3.05, 3.63) is 42.1 Å². The van der Waals surface area contributed by atoms with Crippen molar-refractivity contribution < 1.29 is 9.53 Å². The molecular weight excluding hydrogens is 278 g/mol. The molecule has 0 unspecified atom stereocenters. The van der Waals surface area contributed by atoms with Gasteiger partial charge in [-0.05, 0) is 20.8 Å². The van der Waals surface area contributed by atoms with E-state index in [9.17, 15) is 4.79 Å². The van der Waals surface area contributed by atoms with E-state index in [1.807, 2.05) is 51.1 Å². The van der Waals surface area contributed by atoms with Gasteiger partial charge in [-0.25, -0.2) is 4.79 Å². The average molecular weight is 297 g/mol. The first-order valence-electron chi connectivity index (χ1n) is 7.00. The number of carbonyl (C=O) groups excluding carboxylic acids is 1. The molecule has 0 bridgehead atoms. The summed E-state index contributed by atoms with van der Waals surface area (Å²) in [5, 5.41) is 9.56. The molecule has 0 radical (unpaired) electrons. The van der Waals surface area contributed by atoms with Gasteiger partial charge in [0.2, 0.25) is 0 Å². The Morgan fingerprint density at radius 1 is 1.32 bits per heavy atom. The number of nitrogens with zero attached hydrogens (tertiary/aromatic N) is 1. The largest absolute Gasteiger partial charge is 0.444 e. The molecule has 0 fully saturated rings. The van der Waals surface area contributed by atoms with E-state index in [0.29, 0.717) is 0 Å². The summed E-state index contributed by atoms with van der Waals surface area (Å²) in [6.07, 6.45) is 1.19. The van der Waals surface area contributed by atoms with E-state index >= 15 is 0 Å². The number of aromatic nitrogens is 2. The molecule has 114 valence electrons. The maximum Gasteiger partial charge on any atom is 0.408 e. The van der Waals surface area contributed by atoms with Crippen LogP contribution in [0.3, 0.4) is 0 Å². The number of H-pyrrole nitrogens is 1. The van der Waals surface area contributed by atoms with Crippen LogP contribution in [-0.2, 0) is 4.74 Å². The highest BCUT2D eigenvalue weighted by atomic mass is 16.6. The summed E-state index contributed by atoms with van der Waals surface area (Å²) < 4.78 is 5.13. The standard InChI is InChI=1S/C17H19N3O2/c1-17(2,3)22-16(21)18-11-7-10-14-12-19-20-15(14)13-8-5-4-6-9-13/h4-6,8-9,12H,11H2,1-3H3,(H,18,21)(H,19,20). The maximum absolute atomic E-state index is 11.5. The van der Waals surface area contributed by atoms with Gasteiger partial charge < -0.3 is 10.1 Å². The van der Waals surface area contributed by atoms with Crippen LogP contribution >= 0.6 is 0 Å². The van der Waals surface area contributed by atoms with Crippen LogP contribution in [0.4, 0.5) is 4.79 Å². The summed E-state index contributed by atoms with van der Waals surface area (Å²) >= 11 is 0. The number of rotatable bonds is 2. The predicted molar refractivity (Wildman–Crippen MR) is 85.1 cm³/mol. The van der Waals surface area contributed by atoms with Gasteiger partial charge in [0.25, 0.3) is 0 Å². The second-order valence-electron chi connectivity index (χ2n) is 5.68. The Balaban J connectivity index is 1.96. The highest BCUT2D eigenvalue weighted by Gasteiger charge is 2.15. The third kappa shape index (κ3) is 4.67. The fraction of sp³-hybridized carbons (Fsp3) is 0.294.